The minimum Gasteiger partial charge on any atom is -0.406 e. The summed E-state index contributed by atoms with van der Waals surface area (Å²) >= 11 is 0. The molecule has 7 heteroatoms. The second kappa shape index (κ2) is 6.14. The molecule has 0 aliphatic heterocycles. The number of anilines is 1. The Kier molecular flexibility index (Phi) is 4.17. The van der Waals surface area contributed by atoms with Crippen molar-refractivity contribution in [2.24, 2.45) is 5.92 Å². The molecule has 2 atom stereocenters. The van der Waals surface area contributed by atoms with Gasteiger partial charge in [-0.1, -0.05) is 18.2 Å². The van der Waals surface area contributed by atoms with Crippen LogP contribution >= 0.6 is 0 Å². The van der Waals surface area contributed by atoms with Gasteiger partial charge >= 0.3 is 6.36 Å². The fraction of sp³-hybridized carbons (Fsp3) is 0.235. The summed E-state index contributed by atoms with van der Waals surface area (Å²) in [4.78, 5) is 12.2. The molecule has 1 N–H and O–H groups in total. The molecule has 0 aromatic heterocycles. The van der Waals surface area contributed by atoms with Crippen LogP contribution in [0.25, 0.3) is 0 Å². The third-order valence-corrected chi connectivity index (χ3v) is 3.76. The summed E-state index contributed by atoms with van der Waals surface area (Å²) in [6.07, 6.45) is -4.16. The van der Waals surface area contributed by atoms with Gasteiger partial charge in [-0.3, -0.25) is 4.79 Å². The number of rotatable bonds is 4. The maximum atomic E-state index is 12.9. The predicted molar refractivity (Wildman–Crippen MR) is 79.0 cm³/mol. The molecular weight excluding hydrogens is 326 g/mol. The van der Waals surface area contributed by atoms with Gasteiger partial charge in [0.2, 0.25) is 5.91 Å². The molecule has 126 valence electrons. The minimum absolute atomic E-state index is 0.000192. The van der Waals surface area contributed by atoms with Crippen molar-refractivity contribution in [3.05, 3.63) is 59.9 Å². The molecule has 2 aromatic rings. The Balaban J connectivity index is 1.62. The van der Waals surface area contributed by atoms with Gasteiger partial charge in [-0.25, -0.2) is 4.39 Å². The standard InChI is InChI=1S/C17H13F4NO2/c18-11-6-4-10(5-7-11)14-9-15(14)16(23)22-12-2-1-3-13(8-12)24-17(19,20)21/h1-8,14-15H,9H2,(H,22,23). The van der Waals surface area contributed by atoms with Gasteiger partial charge < -0.3 is 10.1 Å². The van der Waals surface area contributed by atoms with E-state index in [1.165, 1.54) is 24.3 Å². The topological polar surface area (TPSA) is 38.3 Å². The van der Waals surface area contributed by atoms with Crippen LogP contribution in [0.5, 0.6) is 5.75 Å². The van der Waals surface area contributed by atoms with E-state index in [0.717, 1.165) is 17.7 Å². The number of nitrogens with one attached hydrogen (secondary N) is 1. The van der Waals surface area contributed by atoms with Crippen LogP contribution in [0.15, 0.2) is 48.5 Å². The summed E-state index contributed by atoms with van der Waals surface area (Å²) in [5.41, 5.74) is 1.09. The number of carbonyl (C=O) groups excluding carboxylic acids is 1. The van der Waals surface area contributed by atoms with Crippen molar-refractivity contribution >= 4 is 11.6 Å². The summed E-state index contributed by atoms with van der Waals surface area (Å²) in [5.74, 6) is -1.30. The number of carbonyl (C=O) groups is 1. The molecule has 0 saturated heterocycles. The van der Waals surface area contributed by atoms with Gasteiger partial charge in [0.05, 0.1) is 0 Å². The van der Waals surface area contributed by atoms with E-state index in [0.29, 0.717) is 6.42 Å². The lowest BCUT2D eigenvalue weighted by Gasteiger charge is -2.10. The van der Waals surface area contributed by atoms with Crippen LogP contribution in [0.3, 0.4) is 0 Å². The molecule has 1 aliphatic rings. The Hall–Kier alpha value is -2.57. The maximum absolute atomic E-state index is 12.9. The molecule has 3 rings (SSSR count). The highest BCUT2D eigenvalue weighted by Crippen LogP contribution is 2.48. The first-order valence-electron chi connectivity index (χ1n) is 7.24. The van der Waals surface area contributed by atoms with Crippen LogP contribution in [-0.4, -0.2) is 12.3 Å². The average molecular weight is 339 g/mol. The third kappa shape index (κ3) is 4.04. The van der Waals surface area contributed by atoms with Crippen LogP contribution in [-0.2, 0) is 4.79 Å². The van der Waals surface area contributed by atoms with Crippen LogP contribution in [0.4, 0.5) is 23.2 Å². The van der Waals surface area contributed by atoms with Gasteiger partial charge in [0.25, 0.3) is 0 Å². The van der Waals surface area contributed by atoms with Gasteiger partial charge in [0.15, 0.2) is 0 Å². The fourth-order valence-corrected chi connectivity index (χ4v) is 2.57. The van der Waals surface area contributed by atoms with E-state index < -0.39 is 12.1 Å². The Bertz CT molecular complexity index is 743. The van der Waals surface area contributed by atoms with Crippen LogP contribution in [0.2, 0.25) is 0 Å². The molecule has 0 radical (unpaired) electrons. The number of hydrogen-bond acceptors (Lipinski definition) is 2. The Morgan fingerprint density at radius 1 is 1.12 bits per heavy atom. The van der Waals surface area contributed by atoms with Crippen molar-refractivity contribution in [1.29, 1.82) is 0 Å². The quantitative estimate of drug-likeness (QED) is 0.835. The lowest BCUT2D eigenvalue weighted by molar-refractivity contribution is -0.274. The van der Waals surface area contributed by atoms with E-state index in [9.17, 15) is 22.4 Å². The monoisotopic (exact) mass is 339 g/mol. The van der Waals surface area contributed by atoms with Gasteiger partial charge in [0.1, 0.15) is 11.6 Å². The Morgan fingerprint density at radius 3 is 2.50 bits per heavy atom. The predicted octanol–water partition coefficient (Wildman–Crippen LogP) is 4.47. The second-order valence-electron chi connectivity index (χ2n) is 5.57. The molecule has 0 heterocycles. The lowest BCUT2D eigenvalue weighted by atomic mass is 10.1. The molecule has 1 fully saturated rings. The highest BCUT2D eigenvalue weighted by atomic mass is 19.4. The SMILES string of the molecule is O=C(Nc1cccc(OC(F)(F)F)c1)C1CC1c1ccc(F)cc1. The van der Waals surface area contributed by atoms with Crippen molar-refractivity contribution in [1.82, 2.24) is 0 Å². The van der Waals surface area contributed by atoms with Crippen molar-refractivity contribution < 1.29 is 27.1 Å². The van der Waals surface area contributed by atoms with E-state index in [-0.39, 0.29) is 29.2 Å². The molecule has 0 spiro atoms. The number of hydrogen-bond donors (Lipinski definition) is 1. The van der Waals surface area contributed by atoms with Crippen LogP contribution < -0.4 is 10.1 Å². The molecule has 24 heavy (non-hydrogen) atoms. The first kappa shape index (κ1) is 16.3. The number of alkyl halides is 3. The molecule has 3 nitrogen and oxygen atoms in total. The summed E-state index contributed by atoms with van der Waals surface area (Å²) in [6.45, 7) is 0. The van der Waals surface area contributed by atoms with Crippen molar-refractivity contribution in [2.45, 2.75) is 18.7 Å². The van der Waals surface area contributed by atoms with Gasteiger partial charge in [-0.2, -0.15) is 0 Å². The normalized spacial score (nSPS) is 19.7. The molecule has 0 bridgehead atoms. The van der Waals surface area contributed by atoms with Crippen LogP contribution in [0, 0.1) is 11.7 Å². The van der Waals surface area contributed by atoms with E-state index in [2.05, 4.69) is 10.1 Å². The number of halogens is 4. The zero-order valence-electron chi connectivity index (χ0n) is 12.3. The van der Waals surface area contributed by atoms with Crippen LogP contribution in [0.1, 0.15) is 17.9 Å². The van der Waals surface area contributed by atoms with E-state index in [4.69, 9.17) is 0 Å². The molecule has 1 saturated carbocycles. The first-order valence-corrected chi connectivity index (χ1v) is 7.24. The van der Waals surface area contributed by atoms with E-state index in [1.807, 2.05) is 0 Å². The number of ether oxygens (including phenoxy) is 1. The first-order chi connectivity index (χ1) is 11.3. The van der Waals surface area contributed by atoms with Crippen molar-refractivity contribution in [3.8, 4) is 5.75 Å². The maximum Gasteiger partial charge on any atom is 0.573 e. The minimum atomic E-state index is -4.78. The van der Waals surface area contributed by atoms with Gasteiger partial charge in [0, 0.05) is 17.7 Å². The van der Waals surface area contributed by atoms with E-state index in [1.54, 1.807) is 12.1 Å². The summed E-state index contributed by atoms with van der Waals surface area (Å²) < 4.78 is 53.3. The molecule has 2 unspecified atom stereocenters. The Labute approximate surface area is 135 Å². The van der Waals surface area contributed by atoms with Gasteiger partial charge in [-0.15, -0.1) is 13.2 Å². The number of benzene rings is 2. The third-order valence-electron chi connectivity index (χ3n) is 3.76. The highest BCUT2D eigenvalue weighted by molar-refractivity contribution is 5.95. The number of amides is 1. The molecular formula is C17H13F4NO2. The zero-order valence-corrected chi connectivity index (χ0v) is 12.3. The molecule has 1 amide bonds. The second-order valence-corrected chi connectivity index (χ2v) is 5.57. The molecule has 2 aromatic carbocycles. The molecule has 1 aliphatic carbocycles. The van der Waals surface area contributed by atoms with Gasteiger partial charge in [-0.05, 0) is 42.2 Å². The van der Waals surface area contributed by atoms with Crippen molar-refractivity contribution in [3.63, 3.8) is 0 Å². The largest absolute Gasteiger partial charge is 0.573 e. The lowest BCUT2D eigenvalue weighted by Crippen LogP contribution is -2.18. The summed E-state index contributed by atoms with van der Waals surface area (Å²) in [7, 11) is 0. The smallest absolute Gasteiger partial charge is 0.406 e. The van der Waals surface area contributed by atoms with Crippen molar-refractivity contribution in [2.75, 3.05) is 5.32 Å². The zero-order chi connectivity index (χ0) is 17.3. The highest BCUT2D eigenvalue weighted by Gasteiger charge is 2.43. The Morgan fingerprint density at radius 2 is 1.83 bits per heavy atom. The average Bonchev–Trinajstić information content (AvgIpc) is 3.27. The summed E-state index contributed by atoms with van der Waals surface area (Å²) in [6, 6.07) is 11.0. The summed E-state index contributed by atoms with van der Waals surface area (Å²) in [5, 5.41) is 2.58. The fourth-order valence-electron chi connectivity index (χ4n) is 2.57. The van der Waals surface area contributed by atoms with E-state index >= 15 is 0 Å².